The van der Waals surface area contributed by atoms with Gasteiger partial charge < -0.3 is 10.6 Å². The smallest absolute Gasteiger partial charge is 0.236 e. The monoisotopic (exact) mass is 290 g/mol. The molecule has 20 heavy (non-hydrogen) atoms. The first-order chi connectivity index (χ1) is 9.74. The van der Waals surface area contributed by atoms with Crippen molar-refractivity contribution in [1.29, 1.82) is 0 Å². The molecule has 1 heterocycles. The number of nitrogens with two attached hydrogens (primary N) is 1. The van der Waals surface area contributed by atoms with Gasteiger partial charge in [-0.15, -0.1) is 11.8 Å². The Morgan fingerprint density at radius 1 is 1.20 bits per heavy atom. The largest absolute Gasteiger partial charge is 0.399 e. The summed E-state index contributed by atoms with van der Waals surface area (Å²) in [4.78, 5) is 14.8. The summed E-state index contributed by atoms with van der Waals surface area (Å²) in [6.07, 6.45) is 5.84. The third-order valence-corrected chi connectivity index (χ3v) is 5.42. The second kappa shape index (κ2) is 6.08. The van der Waals surface area contributed by atoms with E-state index < -0.39 is 0 Å². The van der Waals surface area contributed by atoms with Crippen LogP contribution in [0, 0.1) is 0 Å². The Morgan fingerprint density at radius 2 is 1.95 bits per heavy atom. The van der Waals surface area contributed by atoms with E-state index in [2.05, 4.69) is 4.90 Å². The molecule has 1 saturated heterocycles. The standard InChI is InChI=1S/C16H22N2OS/c17-13-6-4-12(5-7-13)11-18(14-8-9-14)16(19)15-3-1-2-10-20-15/h4-7,14-15H,1-3,8-11,17H2. The first kappa shape index (κ1) is 13.8. The van der Waals surface area contributed by atoms with Crippen LogP contribution < -0.4 is 5.73 Å². The summed E-state index contributed by atoms with van der Waals surface area (Å²) in [5.74, 6) is 1.49. The van der Waals surface area contributed by atoms with Crippen LogP contribution in [-0.2, 0) is 11.3 Å². The third kappa shape index (κ3) is 3.29. The van der Waals surface area contributed by atoms with Gasteiger partial charge in [-0.25, -0.2) is 0 Å². The second-order valence-electron chi connectivity index (χ2n) is 5.79. The van der Waals surface area contributed by atoms with E-state index in [1.165, 1.54) is 18.4 Å². The molecule has 0 radical (unpaired) electrons. The normalized spacial score (nSPS) is 22.5. The van der Waals surface area contributed by atoms with E-state index in [0.717, 1.165) is 37.2 Å². The molecule has 0 spiro atoms. The molecular weight excluding hydrogens is 268 g/mol. The summed E-state index contributed by atoms with van der Waals surface area (Å²) in [6, 6.07) is 8.38. The van der Waals surface area contributed by atoms with Gasteiger partial charge in [-0.2, -0.15) is 0 Å². The number of carbonyl (C=O) groups excluding carboxylic acids is 1. The van der Waals surface area contributed by atoms with Gasteiger partial charge in [-0.1, -0.05) is 18.6 Å². The maximum atomic E-state index is 12.7. The van der Waals surface area contributed by atoms with Gasteiger partial charge in [0.05, 0.1) is 5.25 Å². The maximum Gasteiger partial charge on any atom is 0.236 e. The molecule has 1 amide bonds. The molecule has 2 aliphatic rings. The number of thioether (sulfide) groups is 1. The molecule has 1 aliphatic heterocycles. The Kier molecular flexibility index (Phi) is 4.20. The lowest BCUT2D eigenvalue weighted by Gasteiger charge is -2.29. The fourth-order valence-corrected chi connectivity index (χ4v) is 3.98. The molecule has 4 heteroatoms. The molecule has 1 atom stereocenters. The molecular formula is C16H22N2OS. The van der Waals surface area contributed by atoms with Crippen molar-refractivity contribution < 1.29 is 4.79 Å². The van der Waals surface area contributed by atoms with E-state index in [4.69, 9.17) is 5.73 Å². The summed E-state index contributed by atoms with van der Waals surface area (Å²) in [5, 5.41) is 0.193. The van der Waals surface area contributed by atoms with Crippen molar-refractivity contribution in [3.8, 4) is 0 Å². The zero-order chi connectivity index (χ0) is 13.9. The number of rotatable bonds is 4. The number of nitrogen functional groups attached to an aromatic ring is 1. The van der Waals surface area contributed by atoms with E-state index in [9.17, 15) is 4.79 Å². The van der Waals surface area contributed by atoms with Crippen LogP contribution in [0.4, 0.5) is 5.69 Å². The minimum Gasteiger partial charge on any atom is -0.399 e. The van der Waals surface area contributed by atoms with Crippen LogP contribution in [0.15, 0.2) is 24.3 Å². The van der Waals surface area contributed by atoms with E-state index in [0.29, 0.717) is 11.9 Å². The molecule has 2 fully saturated rings. The van der Waals surface area contributed by atoms with Crippen LogP contribution in [0.1, 0.15) is 37.7 Å². The average Bonchev–Trinajstić information content (AvgIpc) is 3.31. The minimum atomic E-state index is 0.193. The van der Waals surface area contributed by atoms with Crippen LogP contribution in [0.5, 0.6) is 0 Å². The van der Waals surface area contributed by atoms with Gasteiger partial charge in [-0.05, 0) is 49.1 Å². The number of amides is 1. The predicted molar refractivity (Wildman–Crippen MR) is 84.5 cm³/mol. The fraction of sp³-hybridized carbons (Fsp3) is 0.562. The Morgan fingerprint density at radius 3 is 2.55 bits per heavy atom. The fourth-order valence-electron chi connectivity index (χ4n) is 2.71. The third-order valence-electron chi connectivity index (χ3n) is 4.06. The number of hydrogen-bond donors (Lipinski definition) is 1. The van der Waals surface area contributed by atoms with Gasteiger partial charge in [0.15, 0.2) is 0 Å². The molecule has 1 aromatic rings. The van der Waals surface area contributed by atoms with Crippen LogP contribution in [0.2, 0.25) is 0 Å². The number of hydrogen-bond acceptors (Lipinski definition) is 3. The van der Waals surface area contributed by atoms with E-state index in [1.807, 2.05) is 36.0 Å². The van der Waals surface area contributed by atoms with Gasteiger partial charge >= 0.3 is 0 Å². The SMILES string of the molecule is Nc1ccc(CN(C(=O)C2CCCCS2)C2CC2)cc1. The van der Waals surface area contributed by atoms with E-state index in [-0.39, 0.29) is 5.25 Å². The van der Waals surface area contributed by atoms with Crippen LogP contribution >= 0.6 is 11.8 Å². The lowest BCUT2D eigenvalue weighted by molar-refractivity contribution is -0.132. The topological polar surface area (TPSA) is 46.3 Å². The lowest BCUT2D eigenvalue weighted by Crippen LogP contribution is -2.39. The highest BCUT2D eigenvalue weighted by Crippen LogP contribution is 2.33. The summed E-state index contributed by atoms with van der Waals surface area (Å²) < 4.78 is 0. The Bertz CT molecular complexity index is 464. The van der Waals surface area contributed by atoms with E-state index >= 15 is 0 Å². The number of carbonyl (C=O) groups is 1. The molecule has 0 aromatic heterocycles. The summed E-state index contributed by atoms with van der Waals surface area (Å²) in [6.45, 7) is 0.737. The van der Waals surface area contributed by atoms with Crippen molar-refractivity contribution in [1.82, 2.24) is 4.90 Å². The van der Waals surface area contributed by atoms with Crippen molar-refractivity contribution in [3.63, 3.8) is 0 Å². The zero-order valence-corrected chi connectivity index (χ0v) is 12.6. The van der Waals surface area contributed by atoms with Crippen molar-refractivity contribution in [2.24, 2.45) is 0 Å². The van der Waals surface area contributed by atoms with Crippen LogP contribution in [0.25, 0.3) is 0 Å². The molecule has 108 valence electrons. The van der Waals surface area contributed by atoms with Crippen molar-refractivity contribution in [2.45, 2.75) is 49.9 Å². The van der Waals surface area contributed by atoms with Crippen molar-refractivity contribution in [3.05, 3.63) is 29.8 Å². The molecule has 1 saturated carbocycles. The van der Waals surface area contributed by atoms with E-state index in [1.54, 1.807) is 0 Å². The molecule has 1 aromatic carbocycles. The second-order valence-corrected chi connectivity index (χ2v) is 7.10. The summed E-state index contributed by atoms with van der Waals surface area (Å²) in [5.41, 5.74) is 7.68. The lowest BCUT2D eigenvalue weighted by atomic mass is 10.1. The molecule has 3 rings (SSSR count). The number of anilines is 1. The van der Waals surface area contributed by atoms with Gasteiger partial charge in [-0.3, -0.25) is 4.79 Å². The van der Waals surface area contributed by atoms with Crippen LogP contribution in [-0.4, -0.2) is 27.9 Å². The molecule has 0 bridgehead atoms. The first-order valence-corrected chi connectivity index (χ1v) is 8.55. The number of nitrogens with zero attached hydrogens (tertiary/aromatic N) is 1. The Labute approximate surface area is 124 Å². The number of benzene rings is 1. The minimum absolute atomic E-state index is 0.193. The van der Waals surface area contributed by atoms with Gasteiger partial charge in [0, 0.05) is 18.3 Å². The Balaban J connectivity index is 1.68. The highest BCUT2D eigenvalue weighted by atomic mass is 32.2. The summed E-state index contributed by atoms with van der Waals surface area (Å²) >= 11 is 1.85. The van der Waals surface area contributed by atoms with Crippen molar-refractivity contribution in [2.75, 3.05) is 11.5 Å². The van der Waals surface area contributed by atoms with Gasteiger partial charge in [0.2, 0.25) is 5.91 Å². The maximum absolute atomic E-state index is 12.7. The van der Waals surface area contributed by atoms with Crippen LogP contribution in [0.3, 0.4) is 0 Å². The van der Waals surface area contributed by atoms with Gasteiger partial charge in [0.1, 0.15) is 0 Å². The molecule has 1 unspecified atom stereocenters. The highest BCUT2D eigenvalue weighted by Gasteiger charge is 2.36. The molecule has 3 nitrogen and oxygen atoms in total. The Hall–Kier alpha value is -1.16. The molecule has 1 aliphatic carbocycles. The first-order valence-electron chi connectivity index (χ1n) is 7.50. The quantitative estimate of drug-likeness (QED) is 0.867. The van der Waals surface area contributed by atoms with Gasteiger partial charge in [0.25, 0.3) is 0 Å². The van der Waals surface area contributed by atoms with Crippen molar-refractivity contribution >= 4 is 23.4 Å². The predicted octanol–water partition coefficient (Wildman–Crippen LogP) is 3.05. The average molecular weight is 290 g/mol. The zero-order valence-electron chi connectivity index (χ0n) is 11.8. The summed E-state index contributed by atoms with van der Waals surface area (Å²) in [7, 11) is 0. The molecule has 2 N–H and O–H groups in total. The highest BCUT2D eigenvalue weighted by molar-refractivity contribution is 8.00.